The van der Waals surface area contributed by atoms with Gasteiger partial charge in [-0.05, 0) is 29.7 Å². The lowest BCUT2D eigenvalue weighted by atomic mass is 9.86. The van der Waals surface area contributed by atoms with Crippen LogP contribution in [0.1, 0.15) is 17.5 Å². The molecule has 0 saturated heterocycles. The molecular weight excluding hydrogens is 280 g/mol. The minimum atomic E-state index is 0.108. The topological polar surface area (TPSA) is 9.23 Å². The third kappa shape index (κ3) is 2.63. The second kappa shape index (κ2) is 5.92. The summed E-state index contributed by atoms with van der Waals surface area (Å²) in [7, 11) is 0. The van der Waals surface area contributed by atoms with Crippen molar-refractivity contribution < 1.29 is 4.74 Å². The number of para-hydroxylation sites is 1. The first-order valence-corrected chi connectivity index (χ1v) is 8.18. The molecule has 1 fully saturated rings. The molecule has 0 aromatic heterocycles. The van der Waals surface area contributed by atoms with Gasteiger partial charge in [0.1, 0.15) is 5.75 Å². The Balaban J connectivity index is 1.60. The first kappa shape index (κ1) is 14.1. The van der Waals surface area contributed by atoms with Gasteiger partial charge in [0.05, 0.1) is 6.61 Å². The lowest BCUT2D eigenvalue weighted by Gasteiger charge is -2.19. The van der Waals surface area contributed by atoms with Crippen LogP contribution in [-0.2, 0) is 5.41 Å². The lowest BCUT2D eigenvalue weighted by Crippen LogP contribution is -2.16. The van der Waals surface area contributed by atoms with Crippen molar-refractivity contribution in [2.75, 3.05) is 6.61 Å². The van der Waals surface area contributed by atoms with Crippen molar-refractivity contribution in [3.05, 3.63) is 102 Å². The van der Waals surface area contributed by atoms with Crippen molar-refractivity contribution in [1.82, 2.24) is 0 Å². The van der Waals surface area contributed by atoms with E-state index in [1.807, 2.05) is 30.3 Å². The van der Waals surface area contributed by atoms with Crippen LogP contribution >= 0.6 is 0 Å². The zero-order valence-electron chi connectivity index (χ0n) is 13.1. The van der Waals surface area contributed by atoms with Crippen LogP contribution < -0.4 is 4.74 Å². The molecule has 0 heterocycles. The summed E-state index contributed by atoms with van der Waals surface area (Å²) in [5.74, 6) is 1.47. The molecule has 3 aromatic carbocycles. The molecule has 1 atom stereocenters. The smallest absolute Gasteiger partial charge is 0.119 e. The lowest BCUT2D eigenvalue weighted by molar-refractivity contribution is 0.290. The zero-order chi connectivity index (χ0) is 15.5. The Bertz CT molecular complexity index is 710. The molecule has 1 nitrogen and oxygen atoms in total. The van der Waals surface area contributed by atoms with Gasteiger partial charge in [0.15, 0.2) is 0 Å². The fourth-order valence-corrected chi connectivity index (χ4v) is 3.59. The van der Waals surface area contributed by atoms with Gasteiger partial charge in [-0.2, -0.15) is 0 Å². The summed E-state index contributed by atoms with van der Waals surface area (Å²) < 4.78 is 6.03. The maximum absolute atomic E-state index is 6.03. The molecule has 0 radical (unpaired) electrons. The SMILES string of the molecule is c1ccc(OCC2CC2(c2ccccc2)c2ccccc2)cc1. The highest BCUT2D eigenvalue weighted by atomic mass is 16.5. The van der Waals surface area contributed by atoms with E-state index in [0.717, 1.165) is 18.8 Å². The summed E-state index contributed by atoms with van der Waals surface area (Å²) in [5, 5.41) is 0. The van der Waals surface area contributed by atoms with E-state index in [9.17, 15) is 0 Å². The standard InChI is InChI=1S/C22H20O/c1-4-10-18(11-5-1)22(19-12-6-2-7-13-19)16-20(22)17-23-21-14-8-3-9-15-21/h1-15,20H,16-17H2. The van der Waals surface area contributed by atoms with Crippen LogP contribution in [0.2, 0.25) is 0 Å². The van der Waals surface area contributed by atoms with Gasteiger partial charge in [0, 0.05) is 11.3 Å². The molecule has 1 unspecified atom stereocenters. The molecule has 0 bridgehead atoms. The molecule has 1 saturated carbocycles. The number of rotatable bonds is 5. The number of ether oxygens (including phenoxy) is 1. The third-order valence-electron chi connectivity index (χ3n) is 4.88. The van der Waals surface area contributed by atoms with Crippen molar-refractivity contribution in [3.63, 3.8) is 0 Å². The van der Waals surface area contributed by atoms with Crippen molar-refractivity contribution in [3.8, 4) is 5.75 Å². The van der Waals surface area contributed by atoms with Gasteiger partial charge < -0.3 is 4.74 Å². The molecule has 4 rings (SSSR count). The summed E-state index contributed by atoms with van der Waals surface area (Å²) in [6.07, 6.45) is 1.15. The monoisotopic (exact) mass is 300 g/mol. The summed E-state index contributed by atoms with van der Waals surface area (Å²) in [6, 6.07) is 31.8. The van der Waals surface area contributed by atoms with Gasteiger partial charge in [0.25, 0.3) is 0 Å². The normalized spacial score (nSPS) is 18.3. The Morgan fingerprint density at radius 1 is 0.696 bits per heavy atom. The minimum Gasteiger partial charge on any atom is -0.493 e. The van der Waals surface area contributed by atoms with Gasteiger partial charge in [-0.3, -0.25) is 0 Å². The predicted octanol–water partition coefficient (Wildman–Crippen LogP) is 5.07. The first-order chi connectivity index (χ1) is 11.4. The summed E-state index contributed by atoms with van der Waals surface area (Å²) in [5.41, 5.74) is 2.90. The van der Waals surface area contributed by atoms with Crippen molar-refractivity contribution in [2.24, 2.45) is 5.92 Å². The second-order valence-electron chi connectivity index (χ2n) is 6.23. The Labute approximate surface area is 137 Å². The van der Waals surface area contributed by atoms with E-state index in [2.05, 4.69) is 60.7 Å². The molecular formula is C22H20O. The highest BCUT2D eigenvalue weighted by Crippen LogP contribution is 2.58. The van der Waals surface area contributed by atoms with Crippen molar-refractivity contribution in [2.45, 2.75) is 11.8 Å². The molecule has 23 heavy (non-hydrogen) atoms. The number of benzene rings is 3. The molecule has 3 aromatic rings. The molecule has 1 heteroatoms. The summed E-state index contributed by atoms with van der Waals surface area (Å²) in [6.45, 7) is 0.758. The van der Waals surface area contributed by atoms with E-state index in [1.165, 1.54) is 11.1 Å². The van der Waals surface area contributed by atoms with Gasteiger partial charge in [0.2, 0.25) is 0 Å². The van der Waals surface area contributed by atoms with E-state index in [0.29, 0.717) is 5.92 Å². The minimum absolute atomic E-state index is 0.108. The van der Waals surface area contributed by atoms with Crippen LogP contribution in [0.4, 0.5) is 0 Å². The molecule has 0 aliphatic heterocycles. The van der Waals surface area contributed by atoms with Crippen LogP contribution in [0.15, 0.2) is 91.0 Å². The number of hydrogen-bond acceptors (Lipinski definition) is 1. The zero-order valence-corrected chi connectivity index (χ0v) is 13.1. The molecule has 0 amide bonds. The third-order valence-corrected chi connectivity index (χ3v) is 4.88. The number of hydrogen-bond donors (Lipinski definition) is 0. The maximum atomic E-state index is 6.03. The van der Waals surface area contributed by atoms with Crippen LogP contribution in [0, 0.1) is 5.92 Å². The average molecular weight is 300 g/mol. The van der Waals surface area contributed by atoms with Crippen LogP contribution in [0.5, 0.6) is 5.75 Å². The van der Waals surface area contributed by atoms with E-state index in [-0.39, 0.29) is 5.41 Å². The van der Waals surface area contributed by atoms with E-state index in [1.54, 1.807) is 0 Å². The Hall–Kier alpha value is -2.54. The fraction of sp³-hybridized carbons (Fsp3) is 0.182. The maximum Gasteiger partial charge on any atom is 0.119 e. The molecule has 0 N–H and O–H groups in total. The van der Waals surface area contributed by atoms with E-state index in [4.69, 9.17) is 4.74 Å². The molecule has 1 aliphatic carbocycles. The van der Waals surface area contributed by atoms with Crippen LogP contribution in [0.25, 0.3) is 0 Å². The Morgan fingerprint density at radius 2 is 1.17 bits per heavy atom. The Morgan fingerprint density at radius 3 is 1.70 bits per heavy atom. The molecule has 1 aliphatic rings. The fourth-order valence-electron chi connectivity index (χ4n) is 3.59. The largest absolute Gasteiger partial charge is 0.493 e. The summed E-state index contributed by atoms with van der Waals surface area (Å²) >= 11 is 0. The quantitative estimate of drug-likeness (QED) is 0.639. The van der Waals surface area contributed by atoms with E-state index >= 15 is 0 Å². The highest BCUT2D eigenvalue weighted by Gasteiger charge is 2.56. The second-order valence-corrected chi connectivity index (χ2v) is 6.23. The summed E-state index contributed by atoms with van der Waals surface area (Å²) in [4.78, 5) is 0. The predicted molar refractivity (Wildman–Crippen MR) is 93.7 cm³/mol. The van der Waals surface area contributed by atoms with Crippen molar-refractivity contribution in [1.29, 1.82) is 0 Å². The molecule has 0 spiro atoms. The van der Waals surface area contributed by atoms with Gasteiger partial charge in [-0.25, -0.2) is 0 Å². The van der Waals surface area contributed by atoms with Crippen LogP contribution in [0.3, 0.4) is 0 Å². The van der Waals surface area contributed by atoms with Gasteiger partial charge in [-0.1, -0.05) is 78.9 Å². The van der Waals surface area contributed by atoms with Gasteiger partial charge >= 0.3 is 0 Å². The average Bonchev–Trinajstić information content (AvgIpc) is 3.38. The Kier molecular flexibility index (Phi) is 3.63. The molecule has 114 valence electrons. The first-order valence-electron chi connectivity index (χ1n) is 8.18. The highest BCUT2D eigenvalue weighted by molar-refractivity contribution is 5.47. The van der Waals surface area contributed by atoms with E-state index < -0.39 is 0 Å². The van der Waals surface area contributed by atoms with Crippen LogP contribution in [-0.4, -0.2) is 6.61 Å². The van der Waals surface area contributed by atoms with Gasteiger partial charge in [-0.15, -0.1) is 0 Å². The van der Waals surface area contributed by atoms with Crippen molar-refractivity contribution >= 4 is 0 Å².